The molecule has 1 rings (SSSR count). The third-order valence-corrected chi connectivity index (χ3v) is 2.10. The number of hydrogen-bond acceptors (Lipinski definition) is 1. The monoisotopic (exact) mass is 137 g/mol. The van der Waals surface area contributed by atoms with Crippen LogP contribution in [0.15, 0.2) is 25.3 Å². The van der Waals surface area contributed by atoms with Gasteiger partial charge >= 0.3 is 0 Å². The fourth-order valence-corrected chi connectivity index (χ4v) is 1.38. The van der Waals surface area contributed by atoms with Crippen LogP contribution in [0.2, 0.25) is 0 Å². The molecule has 1 saturated heterocycles. The van der Waals surface area contributed by atoms with Crippen molar-refractivity contribution in [2.45, 2.75) is 18.9 Å². The molecule has 0 spiro atoms. The van der Waals surface area contributed by atoms with Crippen LogP contribution in [0.3, 0.4) is 0 Å². The molecule has 2 atom stereocenters. The molecule has 10 heavy (non-hydrogen) atoms. The zero-order chi connectivity index (χ0) is 7.40. The predicted molar refractivity (Wildman–Crippen MR) is 44.9 cm³/mol. The van der Waals surface area contributed by atoms with Crippen LogP contribution in [0.25, 0.3) is 0 Å². The summed E-state index contributed by atoms with van der Waals surface area (Å²) in [6, 6.07) is 0.511. The Morgan fingerprint density at radius 1 is 1.30 bits per heavy atom. The van der Waals surface area contributed by atoms with Gasteiger partial charge in [-0.25, -0.2) is 0 Å². The lowest BCUT2D eigenvalue weighted by Crippen LogP contribution is -2.35. The van der Waals surface area contributed by atoms with Crippen LogP contribution in [0, 0.1) is 5.92 Å². The second-order valence-electron chi connectivity index (χ2n) is 2.82. The van der Waals surface area contributed by atoms with Crippen molar-refractivity contribution in [2.75, 3.05) is 6.54 Å². The molecule has 1 aliphatic heterocycles. The van der Waals surface area contributed by atoms with Gasteiger partial charge in [0.25, 0.3) is 0 Å². The van der Waals surface area contributed by atoms with E-state index < -0.39 is 0 Å². The highest BCUT2D eigenvalue weighted by Gasteiger charge is 2.15. The van der Waals surface area contributed by atoms with Crippen molar-refractivity contribution in [1.29, 1.82) is 0 Å². The van der Waals surface area contributed by atoms with Crippen molar-refractivity contribution in [3.63, 3.8) is 0 Å². The number of rotatable bonds is 2. The fraction of sp³-hybridized carbons (Fsp3) is 0.556. The Labute approximate surface area is 62.8 Å². The number of allylic oxidation sites excluding steroid dienone is 1. The van der Waals surface area contributed by atoms with Gasteiger partial charge in [0, 0.05) is 6.04 Å². The van der Waals surface area contributed by atoms with Crippen molar-refractivity contribution < 1.29 is 0 Å². The van der Waals surface area contributed by atoms with Crippen LogP contribution in [-0.2, 0) is 0 Å². The smallest absolute Gasteiger partial charge is 0.0253 e. The molecule has 1 heteroatoms. The van der Waals surface area contributed by atoms with Gasteiger partial charge < -0.3 is 5.32 Å². The lowest BCUT2D eigenvalue weighted by molar-refractivity contribution is 0.386. The van der Waals surface area contributed by atoms with Gasteiger partial charge in [-0.2, -0.15) is 0 Å². The minimum atomic E-state index is 0.511. The highest BCUT2D eigenvalue weighted by Crippen LogP contribution is 2.16. The third kappa shape index (κ3) is 1.71. The number of nitrogens with one attached hydrogen (secondary N) is 1. The van der Waals surface area contributed by atoms with E-state index in [9.17, 15) is 0 Å². The second-order valence-corrected chi connectivity index (χ2v) is 2.82. The maximum absolute atomic E-state index is 3.79. The molecular formula is C9H15N. The van der Waals surface area contributed by atoms with Crippen LogP contribution in [0.1, 0.15) is 12.8 Å². The van der Waals surface area contributed by atoms with E-state index in [2.05, 4.69) is 24.6 Å². The summed E-state index contributed by atoms with van der Waals surface area (Å²) in [4.78, 5) is 0. The molecule has 1 aliphatic rings. The van der Waals surface area contributed by atoms with Crippen molar-refractivity contribution in [3.05, 3.63) is 25.3 Å². The van der Waals surface area contributed by atoms with E-state index in [0.29, 0.717) is 12.0 Å². The minimum Gasteiger partial charge on any atom is -0.310 e. The van der Waals surface area contributed by atoms with Crippen LogP contribution < -0.4 is 5.32 Å². The fourth-order valence-electron chi connectivity index (χ4n) is 1.38. The average Bonchev–Trinajstić information content (AvgIpc) is 2.05. The summed E-state index contributed by atoms with van der Waals surface area (Å²) >= 11 is 0. The quantitative estimate of drug-likeness (QED) is 0.571. The molecule has 0 radical (unpaired) electrons. The molecule has 56 valence electrons. The van der Waals surface area contributed by atoms with Gasteiger partial charge in [0.15, 0.2) is 0 Å². The van der Waals surface area contributed by atoms with Gasteiger partial charge in [-0.05, 0) is 25.3 Å². The summed E-state index contributed by atoms with van der Waals surface area (Å²) in [5, 5.41) is 3.37. The van der Waals surface area contributed by atoms with E-state index in [4.69, 9.17) is 0 Å². The zero-order valence-corrected chi connectivity index (χ0v) is 6.34. The summed E-state index contributed by atoms with van der Waals surface area (Å²) in [6.07, 6.45) is 6.44. The normalized spacial score (nSPS) is 33.2. The number of piperidine rings is 1. The highest BCUT2D eigenvalue weighted by atomic mass is 14.9. The molecule has 0 bridgehead atoms. The molecule has 0 saturated carbocycles. The Morgan fingerprint density at radius 3 is 2.70 bits per heavy atom. The van der Waals surface area contributed by atoms with Crippen molar-refractivity contribution >= 4 is 0 Å². The van der Waals surface area contributed by atoms with Crippen LogP contribution in [-0.4, -0.2) is 12.6 Å². The topological polar surface area (TPSA) is 12.0 Å². The summed E-state index contributed by atoms with van der Waals surface area (Å²) < 4.78 is 0. The third-order valence-electron chi connectivity index (χ3n) is 2.10. The van der Waals surface area contributed by atoms with Gasteiger partial charge in [0.2, 0.25) is 0 Å². The van der Waals surface area contributed by atoms with Crippen LogP contribution in [0.4, 0.5) is 0 Å². The Morgan fingerprint density at radius 2 is 2.10 bits per heavy atom. The van der Waals surface area contributed by atoms with E-state index in [-0.39, 0.29) is 0 Å². The molecule has 1 heterocycles. The van der Waals surface area contributed by atoms with Gasteiger partial charge in [-0.15, -0.1) is 13.2 Å². The maximum Gasteiger partial charge on any atom is 0.0253 e. The van der Waals surface area contributed by atoms with Crippen molar-refractivity contribution in [1.82, 2.24) is 5.32 Å². The summed E-state index contributed by atoms with van der Waals surface area (Å²) in [6.45, 7) is 8.65. The molecule has 0 aromatic rings. The molecule has 0 amide bonds. The lowest BCUT2D eigenvalue weighted by Gasteiger charge is -2.25. The SMILES string of the molecule is C=CC1CCNC(C=C)C1. The van der Waals surface area contributed by atoms with E-state index in [1.807, 2.05) is 6.08 Å². The maximum atomic E-state index is 3.79. The Balaban J connectivity index is 2.38. The molecule has 1 nitrogen and oxygen atoms in total. The van der Waals surface area contributed by atoms with Gasteiger partial charge in [-0.3, -0.25) is 0 Å². The standard InChI is InChI=1S/C9H15N/c1-3-8-5-6-10-9(4-2)7-8/h3-4,8-10H,1-2,5-7H2. The lowest BCUT2D eigenvalue weighted by atomic mass is 9.93. The molecule has 0 aromatic carbocycles. The first-order chi connectivity index (χ1) is 4.86. The molecule has 0 aromatic heterocycles. The largest absolute Gasteiger partial charge is 0.310 e. The highest BCUT2D eigenvalue weighted by molar-refractivity contribution is 4.95. The summed E-state index contributed by atoms with van der Waals surface area (Å²) in [7, 11) is 0. The van der Waals surface area contributed by atoms with E-state index in [1.165, 1.54) is 12.8 Å². The first kappa shape index (κ1) is 7.55. The minimum absolute atomic E-state index is 0.511. The molecule has 1 fully saturated rings. The zero-order valence-electron chi connectivity index (χ0n) is 6.34. The first-order valence-electron chi connectivity index (χ1n) is 3.85. The van der Waals surface area contributed by atoms with Crippen LogP contribution >= 0.6 is 0 Å². The Bertz CT molecular complexity index is 115. The Kier molecular flexibility index (Phi) is 2.69. The predicted octanol–water partition coefficient (Wildman–Crippen LogP) is 1.73. The van der Waals surface area contributed by atoms with Crippen molar-refractivity contribution in [2.24, 2.45) is 5.92 Å². The van der Waals surface area contributed by atoms with E-state index in [1.54, 1.807) is 0 Å². The number of hydrogen-bond donors (Lipinski definition) is 1. The van der Waals surface area contributed by atoms with E-state index >= 15 is 0 Å². The summed E-state index contributed by atoms with van der Waals surface area (Å²) in [5.74, 6) is 0.698. The summed E-state index contributed by atoms with van der Waals surface area (Å²) in [5.41, 5.74) is 0. The van der Waals surface area contributed by atoms with Gasteiger partial charge in [0.05, 0.1) is 0 Å². The Hall–Kier alpha value is -0.560. The molecule has 1 N–H and O–H groups in total. The molecule has 0 aliphatic carbocycles. The average molecular weight is 137 g/mol. The van der Waals surface area contributed by atoms with Crippen LogP contribution in [0.5, 0.6) is 0 Å². The molecule has 2 unspecified atom stereocenters. The van der Waals surface area contributed by atoms with Gasteiger partial charge in [0.1, 0.15) is 0 Å². The first-order valence-corrected chi connectivity index (χ1v) is 3.85. The second kappa shape index (κ2) is 3.57. The van der Waals surface area contributed by atoms with Crippen molar-refractivity contribution in [3.8, 4) is 0 Å². The van der Waals surface area contributed by atoms with E-state index in [0.717, 1.165) is 6.54 Å². The van der Waals surface area contributed by atoms with Gasteiger partial charge in [-0.1, -0.05) is 12.2 Å². The molecular weight excluding hydrogens is 122 g/mol.